The Morgan fingerprint density at radius 3 is 2.82 bits per heavy atom. The third-order valence-corrected chi connectivity index (χ3v) is 5.87. The monoisotopic (exact) mass is 393 g/mol. The fourth-order valence-electron chi connectivity index (χ4n) is 3.52. The molecule has 1 aliphatic rings. The van der Waals surface area contributed by atoms with Crippen LogP contribution in [0.1, 0.15) is 28.9 Å². The van der Waals surface area contributed by atoms with E-state index in [1.54, 1.807) is 12.1 Å². The number of aromatic hydroxyl groups is 1. The molecule has 0 unspecified atom stereocenters. The number of amides is 1. The highest BCUT2D eigenvalue weighted by atomic mass is 32.2. The van der Waals surface area contributed by atoms with Gasteiger partial charge in [-0.05, 0) is 49.1 Å². The first kappa shape index (κ1) is 18.6. The molecule has 3 aromatic rings. The topological polar surface area (TPSA) is 69.2 Å². The second-order valence-corrected chi connectivity index (χ2v) is 7.99. The number of hydrogen-bond acceptors (Lipinski definition) is 4. The maximum absolute atomic E-state index is 12.8. The molecule has 0 saturated carbocycles. The molecule has 1 amide bonds. The quantitative estimate of drug-likeness (QED) is 0.641. The lowest BCUT2D eigenvalue weighted by Gasteiger charge is -2.29. The smallest absolute Gasteiger partial charge is 0.237 e. The molecule has 0 radical (unpaired) electrons. The van der Waals surface area contributed by atoms with Gasteiger partial charge in [-0.25, -0.2) is 4.98 Å². The number of fused-ring (bicyclic) bond motifs is 1. The highest BCUT2D eigenvalue weighted by Gasteiger charge is 2.22. The summed E-state index contributed by atoms with van der Waals surface area (Å²) in [5.41, 5.74) is 5.35. The van der Waals surface area contributed by atoms with Crippen molar-refractivity contribution in [2.45, 2.75) is 31.3 Å². The van der Waals surface area contributed by atoms with Crippen LogP contribution >= 0.6 is 11.8 Å². The predicted octanol–water partition coefficient (Wildman–Crippen LogP) is 4.09. The summed E-state index contributed by atoms with van der Waals surface area (Å²) in [5.74, 6) is 0.739. The maximum Gasteiger partial charge on any atom is 0.237 e. The van der Waals surface area contributed by atoms with E-state index < -0.39 is 0 Å². The summed E-state index contributed by atoms with van der Waals surface area (Å²) in [5, 5.41) is 10.2. The first-order valence-electron chi connectivity index (χ1n) is 9.44. The molecule has 2 heterocycles. The zero-order valence-electron chi connectivity index (χ0n) is 15.8. The van der Waals surface area contributed by atoms with E-state index in [1.807, 2.05) is 42.2 Å². The van der Waals surface area contributed by atoms with Crippen molar-refractivity contribution in [2.75, 3.05) is 17.2 Å². The minimum Gasteiger partial charge on any atom is -0.508 e. The summed E-state index contributed by atoms with van der Waals surface area (Å²) < 4.78 is 0. The molecule has 144 valence electrons. The van der Waals surface area contributed by atoms with Gasteiger partial charge in [0, 0.05) is 24.3 Å². The number of phenolic OH excluding ortho intramolecular Hbond substituents is 1. The van der Waals surface area contributed by atoms with E-state index in [1.165, 1.54) is 17.3 Å². The maximum atomic E-state index is 12.8. The number of thioether (sulfide) groups is 1. The van der Waals surface area contributed by atoms with Gasteiger partial charge in [-0.15, -0.1) is 0 Å². The van der Waals surface area contributed by atoms with Crippen LogP contribution in [-0.4, -0.2) is 33.3 Å². The van der Waals surface area contributed by atoms with Gasteiger partial charge in [0.15, 0.2) is 5.16 Å². The van der Waals surface area contributed by atoms with Gasteiger partial charge in [-0.3, -0.25) is 4.79 Å². The number of rotatable bonds is 5. The molecule has 0 spiro atoms. The minimum absolute atomic E-state index is 0.117. The number of anilines is 1. The summed E-state index contributed by atoms with van der Waals surface area (Å²) in [6, 6.07) is 15.3. The summed E-state index contributed by atoms with van der Waals surface area (Å²) in [4.78, 5) is 22.6. The van der Waals surface area contributed by atoms with E-state index in [4.69, 9.17) is 0 Å². The number of phenols is 1. The molecule has 28 heavy (non-hydrogen) atoms. The van der Waals surface area contributed by atoms with E-state index in [2.05, 4.69) is 16.0 Å². The zero-order valence-corrected chi connectivity index (χ0v) is 16.6. The number of para-hydroxylation sites is 1. The lowest BCUT2D eigenvalue weighted by molar-refractivity contribution is -0.116. The van der Waals surface area contributed by atoms with Crippen molar-refractivity contribution < 1.29 is 9.90 Å². The average Bonchev–Trinajstić information content (AvgIpc) is 3.06. The first-order valence-corrected chi connectivity index (χ1v) is 10.4. The predicted molar refractivity (Wildman–Crippen MR) is 112 cm³/mol. The van der Waals surface area contributed by atoms with Crippen molar-refractivity contribution in [3.8, 4) is 5.75 Å². The van der Waals surface area contributed by atoms with Crippen molar-refractivity contribution in [1.82, 2.24) is 9.97 Å². The Labute approximate surface area is 168 Å². The second kappa shape index (κ2) is 8.10. The Hall–Kier alpha value is -2.73. The number of hydrogen-bond donors (Lipinski definition) is 2. The Morgan fingerprint density at radius 2 is 2.00 bits per heavy atom. The first-order chi connectivity index (χ1) is 13.6. The third kappa shape index (κ3) is 4.07. The molecule has 0 saturated heterocycles. The fraction of sp³-hybridized carbons (Fsp3) is 0.273. The molecule has 6 heteroatoms. The third-order valence-electron chi connectivity index (χ3n) is 5.02. The fourth-order valence-corrected chi connectivity index (χ4v) is 4.33. The highest BCUT2D eigenvalue weighted by Crippen LogP contribution is 2.28. The molecule has 5 nitrogen and oxygen atoms in total. The Morgan fingerprint density at radius 1 is 1.21 bits per heavy atom. The number of imidazole rings is 1. The van der Waals surface area contributed by atoms with Crippen molar-refractivity contribution in [1.29, 1.82) is 0 Å². The highest BCUT2D eigenvalue weighted by molar-refractivity contribution is 7.99. The van der Waals surface area contributed by atoms with Gasteiger partial charge >= 0.3 is 0 Å². The van der Waals surface area contributed by atoms with Crippen molar-refractivity contribution in [3.63, 3.8) is 0 Å². The number of H-pyrrole nitrogens is 1. The van der Waals surface area contributed by atoms with Crippen LogP contribution in [0.4, 0.5) is 5.69 Å². The largest absolute Gasteiger partial charge is 0.508 e. The van der Waals surface area contributed by atoms with Gasteiger partial charge in [-0.1, -0.05) is 42.1 Å². The minimum atomic E-state index is 0.117. The number of carbonyl (C=O) groups is 1. The van der Waals surface area contributed by atoms with Gasteiger partial charge in [0.2, 0.25) is 5.91 Å². The lowest BCUT2D eigenvalue weighted by Crippen LogP contribution is -2.36. The Kier molecular flexibility index (Phi) is 5.39. The summed E-state index contributed by atoms with van der Waals surface area (Å²) in [6.45, 7) is 2.77. The number of aryl methyl sites for hydroxylation is 2. The van der Waals surface area contributed by atoms with Crippen molar-refractivity contribution >= 4 is 23.4 Å². The van der Waals surface area contributed by atoms with Crippen molar-refractivity contribution in [2.24, 2.45) is 0 Å². The van der Waals surface area contributed by atoms with E-state index in [0.717, 1.165) is 47.2 Å². The lowest BCUT2D eigenvalue weighted by atomic mass is 10.0. The van der Waals surface area contributed by atoms with Gasteiger partial charge in [0.25, 0.3) is 0 Å². The normalized spacial score (nSPS) is 13.4. The summed E-state index contributed by atoms with van der Waals surface area (Å²) >= 11 is 1.45. The molecule has 0 atom stereocenters. The van der Waals surface area contributed by atoms with Crippen LogP contribution in [0.3, 0.4) is 0 Å². The number of carbonyl (C=O) groups excluding carboxylic acids is 1. The van der Waals surface area contributed by atoms with Gasteiger partial charge in [0.05, 0.1) is 11.4 Å². The van der Waals surface area contributed by atoms with Gasteiger partial charge < -0.3 is 15.0 Å². The van der Waals surface area contributed by atoms with E-state index >= 15 is 0 Å². The van der Waals surface area contributed by atoms with Crippen molar-refractivity contribution in [3.05, 3.63) is 71.0 Å². The standard InChI is InChI=1S/C22H23N3O2S/c1-15-19(13-16-8-10-18(26)11-9-16)24-22(23-15)28-14-21(27)25-12-4-6-17-5-2-3-7-20(17)25/h2-3,5,7-11,26H,4,6,12-14H2,1H3,(H,23,24). The molecular weight excluding hydrogens is 370 g/mol. The molecule has 0 bridgehead atoms. The average molecular weight is 394 g/mol. The van der Waals surface area contributed by atoms with Gasteiger partial charge in [-0.2, -0.15) is 0 Å². The van der Waals surface area contributed by atoms with Crippen LogP contribution in [0.25, 0.3) is 0 Å². The summed E-state index contributed by atoms with van der Waals surface area (Å²) in [6.07, 6.45) is 2.73. The van der Waals surface area contributed by atoms with E-state index in [-0.39, 0.29) is 11.7 Å². The number of nitrogens with one attached hydrogen (secondary N) is 1. The van der Waals surface area contributed by atoms with Crippen LogP contribution < -0.4 is 4.90 Å². The van der Waals surface area contributed by atoms with Crippen LogP contribution in [0, 0.1) is 6.92 Å². The molecular formula is C22H23N3O2S. The number of aromatic amines is 1. The van der Waals surface area contributed by atoms with E-state index in [9.17, 15) is 9.90 Å². The van der Waals surface area contributed by atoms with Crippen LogP contribution in [-0.2, 0) is 17.6 Å². The number of aromatic nitrogens is 2. The van der Waals surface area contributed by atoms with Crippen LogP contribution in [0.15, 0.2) is 53.7 Å². The van der Waals surface area contributed by atoms with Crippen LogP contribution in [0.5, 0.6) is 5.75 Å². The number of nitrogens with zero attached hydrogens (tertiary/aromatic N) is 2. The molecule has 1 aromatic heterocycles. The molecule has 2 aromatic carbocycles. The van der Waals surface area contributed by atoms with E-state index in [0.29, 0.717) is 12.2 Å². The molecule has 2 N–H and O–H groups in total. The molecule has 0 aliphatic carbocycles. The number of benzene rings is 2. The zero-order chi connectivity index (χ0) is 19.5. The molecule has 1 aliphatic heterocycles. The second-order valence-electron chi connectivity index (χ2n) is 7.02. The Balaban J connectivity index is 1.40. The molecule has 0 fully saturated rings. The van der Waals surface area contributed by atoms with Crippen LogP contribution in [0.2, 0.25) is 0 Å². The summed E-state index contributed by atoms with van der Waals surface area (Å²) in [7, 11) is 0. The molecule has 4 rings (SSSR count). The Bertz CT molecular complexity index is 982. The van der Waals surface area contributed by atoms with Gasteiger partial charge in [0.1, 0.15) is 5.75 Å². The SMILES string of the molecule is Cc1[nH]c(SCC(=O)N2CCCc3ccccc32)nc1Cc1ccc(O)cc1.